The third-order valence-electron chi connectivity index (χ3n) is 5.59. The molecule has 3 aromatic rings. The van der Waals surface area contributed by atoms with Crippen LogP contribution in [0.1, 0.15) is 34.7 Å². The standard InChI is InChI=1S/C22H21NO/c1-14-10-11-15(2)22-20(14)12-17-13-21(23(22)24-17)19-9-5-7-16-6-3-4-8-18(16)19/h3-11,17,21H,12-13H2,1-2H3/t17-,21+/m1/s1. The molecule has 5 rings (SSSR count). The van der Waals surface area contributed by atoms with E-state index in [1.807, 2.05) is 0 Å². The van der Waals surface area contributed by atoms with Crippen LogP contribution in [0.5, 0.6) is 0 Å². The molecule has 120 valence electrons. The van der Waals surface area contributed by atoms with Gasteiger partial charge in [-0.1, -0.05) is 54.6 Å². The first-order chi connectivity index (χ1) is 11.7. The zero-order valence-corrected chi connectivity index (χ0v) is 14.1. The van der Waals surface area contributed by atoms with Gasteiger partial charge >= 0.3 is 0 Å². The Balaban J connectivity index is 1.70. The number of hydroxylamine groups is 1. The first kappa shape index (κ1) is 14.1. The van der Waals surface area contributed by atoms with Gasteiger partial charge in [-0.3, -0.25) is 4.84 Å². The molecule has 2 aliphatic heterocycles. The van der Waals surface area contributed by atoms with Crippen molar-refractivity contribution in [2.24, 2.45) is 0 Å². The minimum Gasteiger partial charge on any atom is -0.269 e. The van der Waals surface area contributed by atoms with Crippen molar-refractivity contribution in [3.63, 3.8) is 0 Å². The highest BCUT2D eigenvalue weighted by Crippen LogP contribution is 2.48. The topological polar surface area (TPSA) is 12.5 Å². The molecule has 2 bridgehead atoms. The quantitative estimate of drug-likeness (QED) is 0.607. The highest BCUT2D eigenvalue weighted by atomic mass is 16.7. The molecule has 0 spiro atoms. The van der Waals surface area contributed by atoms with E-state index in [1.165, 1.54) is 38.7 Å². The molecule has 2 aliphatic rings. The summed E-state index contributed by atoms with van der Waals surface area (Å²) in [7, 11) is 0. The Morgan fingerprint density at radius 3 is 2.62 bits per heavy atom. The van der Waals surface area contributed by atoms with Gasteiger partial charge in [-0.2, -0.15) is 0 Å². The zero-order valence-electron chi connectivity index (χ0n) is 14.1. The molecule has 3 aromatic carbocycles. The van der Waals surface area contributed by atoms with Gasteiger partial charge in [-0.25, -0.2) is 5.06 Å². The predicted molar refractivity (Wildman–Crippen MR) is 98.3 cm³/mol. The van der Waals surface area contributed by atoms with E-state index in [0.29, 0.717) is 12.1 Å². The van der Waals surface area contributed by atoms with Gasteiger partial charge in [0, 0.05) is 12.8 Å². The van der Waals surface area contributed by atoms with Crippen molar-refractivity contribution in [2.75, 3.05) is 5.06 Å². The minimum atomic E-state index is 0.293. The van der Waals surface area contributed by atoms with Crippen LogP contribution in [-0.4, -0.2) is 6.10 Å². The summed E-state index contributed by atoms with van der Waals surface area (Å²) >= 11 is 0. The minimum absolute atomic E-state index is 0.293. The lowest BCUT2D eigenvalue weighted by molar-refractivity contribution is 0.0730. The average Bonchev–Trinajstić information content (AvgIpc) is 2.94. The van der Waals surface area contributed by atoms with Crippen LogP contribution in [0.15, 0.2) is 54.6 Å². The third-order valence-corrected chi connectivity index (χ3v) is 5.59. The molecular weight excluding hydrogens is 294 g/mol. The number of anilines is 1. The number of aryl methyl sites for hydroxylation is 2. The summed E-state index contributed by atoms with van der Waals surface area (Å²) in [5.74, 6) is 0. The maximum absolute atomic E-state index is 6.31. The van der Waals surface area contributed by atoms with Gasteiger partial charge in [0.05, 0.1) is 17.8 Å². The van der Waals surface area contributed by atoms with Crippen molar-refractivity contribution in [1.29, 1.82) is 0 Å². The van der Waals surface area contributed by atoms with Crippen LogP contribution in [0.4, 0.5) is 5.69 Å². The van der Waals surface area contributed by atoms with E-state index in [2.05, 4.69) is 73.5 Å². The van der Waals surface area contributed by atoms with E-state index >= 15 is 0 Å². The molecule has 1 fully saturated rings. The van der Waals surface area contributed by atoms with E-state index in [-0.39, 0.29) is 0 Å². The largest absolute Gasteiger partial charge is 0.269 e. The molecule has 0 aromatic heterocycles. The molecule has 2 atom stereocenters. The Morgan fingerprint density at radius 1 is 0.917 bits per heavy atom. The maximum Gasteiger partial charge on any atom is 0.0921 e. The maximum atomic E-state index is 6.31. The van der Waals surface area contributed by atoms with E-state index in [1.54, 1.807) is 0 Å². The number of hydrogen-bond acceptors (Lipinski definition) is 2. The molecule has 0 amide bonds. The molecule has 2 heteroatoms. The van der Waals surface area contributed by atoms with Gasteiger partial charge in [0.25, 0.3) is 0 Å². The zero-order chi connectivity index (χ0) is 16.3. The van der Waals surface area contributed by atoms with Crippen molar-refractivity contribution in [3.05, 3.63) is 76.9 Å². The Morgan fingerprint density at radius 2 is 1.71 bits per heavy atom. The van der Waals surface area contributed by atoms with Crippen LogP contribution < -0.4 is 5.06 Å². The van der Waals surface area contributed by atoms with Crippen LogP contribution in [0.3, 0.4) is 0 Å². The summed E-state index contributed by atoms with van der Waals surface area (Å²) in [6, 6.07) is 20.1. The highest BCUT2D eigenvalue weighted by molar-refractivity contribution is 5.86. The molecule has 0 unspecified atom stereocenters. The van der Waals surface area contributed by atoms with Gasteiger partial charge in [-0.15, -0.1) is 0 Å². The van der Waals surface area contributed by atoms with Crippen molar-refractivity contribution in [2.45, 2.75) is 38.8 Å². The smallest absolute Gasteiger partial charge is 0.0921 e. The van der Waals surface area contributed by atoms with Crippen LogP contribution in [0.25, 0.3) is 10.8 Å². The summed E-state index contributed by atoms with van der Waals surface area (Å²) in [6.45, 7) is 4.41. The van der Waals surface area contributed by atoms with Gasteiger partial charge < -0.3 is 0 Å². The van der Waals surface area contributed by atoms with Gasteiger partial charge in [-0.05, 0) is 46.9 Å². The van der Waals surface area contributed by atoms with Crippen molar-refractivity contribution in [3.8, 4) is 0 Å². The second kappa shape index (κ2) is 5.09. The molecular formula is C22H21NO. The normalized spacial score (nSPS) is 22.0. The predicted octanol–water partition coefficient (Wildman–Crippen LogP) is 5.26. The molecule has 1 saturated heterocycles. The van der Waals surface area contributed by atoms with E-state index in [4.69, 9.17) is 4.84 Å². The molecule has 0 aliphatic carbocycles. The molecule has 2 nitrogen and oxygen atoms in total. The number of nitrogens with zero attached hydrogens (tertiary/aromatic N) is 1. The fourth-order valence-corrected chi connectivity index (χ4v) is 4.39. The van der Waals surface area contributed by atoms with Crippen LogP contribution >= 0.6 is 0 Å². The van der Waals surface area contributed by atoms with Crippen molar-refractivity contribution in [1.82, 2.24) is 0 Å². The van der Waals surface area contributed by atoms with Crippen molar-refractivity contribution < 1.29 is 4.84 Å². The molecule has 2 heterocycles. The SMILES string of the molecule is Cc1ccc(C)c2c1C[C@@H]1C[C@@H](c3cccc4ccccc34)N2O1. The second-order valence-corrected chi connectivity index (χ2v) is 7.10. The van der Waals surface area contributed by atoms with Crippen LogP contribution in [-0.2, 0) is 11.3 Å². The summed E-state index contributed by atoms with van der Waals surface area (Å²) in [5, 5.41) is 4.85. The van der Waals surface area contributed by atoms with Gasteiger partial charge in [0.15, 0.2) is 0 Å². The monoisotopic (exact) mass is 315 g/mol. The van der Waals surface area contributed by atoms with E-state index in [0.717, 1.165) is 12.8 Å². The highest BCUT2D eigenvalue weighted by Gasteiger charge is 2.41. The van der Waals surface area contributed by atoms with Gasteiger partial charge in [0.2, 0.25) is 0 Å². The number of hydrogen-bond donors (Lipinski definition) is 0. The number of benzene rings is 3. The average molecular weight is 315 g/mol. The lowest BCUT2D eigenvalue weighted by Crippen LogP contribution is -2.29. The molecule has 24 heavy (non-hydrogen) atoms. The Labute approximate surface area is 142 Å². The Bertz CT molecular complexity index is 941. The summed E-state index contributed by atoms with van der Waals surface area (Å²) in [6.07, 6.45) is 2.38. The first-order valence-electron chi connectivity index (χ1n) is 8.75. The summed E-state index contributed by atoms with van der Waals surface area (Å²) in [5.41, 5.74) is 6.83. The van der Waals surface area contributed by atoms with Crippen molar-refractivity contribution >= 4 is 16.5 Å². The fourth-order valence-electron chi connectivity index (χ4n) is 4.39. The Kier molecular flexibility index (Phi) is 2.98. The second-order valence-electron chi connectivity index (χ2n) is 7.10. The Hall–Kier alpha value is -2.32. The van der Waals surface area contributed by atoms with Crippen LogP contribution in [0, 0.1) is 13.8 Å². The number of rotatable bonds is 1. The number of fused-ring (bicyclic) bond motifs is 5. The third kappa shape index (κ3) is 1.93. The molecule has 0 radical (unpaired) electrons. The summed E-state index contributed by atoms with van der Waals surface area (Å²) in [4.78, 5) is 6.31. The van der Waals surface area contributed by atoms with Crippen LogP contribution in [0.2, 0.25) is 0 Å². The molecule has 0 N–H and O–H groups in total. The lowest BCUT2D eigenvalue weighted by atomic mass is 9.95. The fraction of sp³-hybridized carbons (Fsp3) is 0.273. The van der Waals surface area contributed by atoms with E-state index < -0.39 is 0 Å². The molecule has 0 saturated carbocycles. The summed E-state index contributed by atoms with van der Waals surface area (Å²) < 4.78 is 0. The first-order valence-corrected chi connectivity index (χ1v) is 8.75. The van der Waals surface area contributed by atoms with E-state index in [9.17, 15) is 0 Å². The lowest BCUT2D eigenvalue weighted by Gasteiger charge is -2.33. The van der Waals surface area contributed by atoms with Gasteiger partial charge in [0.1, 0.15) is 0 Å².